The summed E-state index contributed by atoms with van der Waals surface area (Å²) in [7, 11) is 0. The van der Waals surface area contributed by atoms with Crippen LogP contribution in [0.25, 0.3) is 0 Å². The third-order valence-electron chi connectivity index (χ3n) is 4.30. The molecule has 6 nitrogen and oxygen atoms in total. The molecule has 1 aromatic heterocycles. The number of amides is 1. The lowest BCUT2D eigenvalue weighted by Crippen LogP contribution is -2.26. The van der Waals surface area contributed by atoms with Crippen molar-refractivity contribution in [3.05, 3.63) is 41.3 Å². The Morgan fingerprint density at radius 3 is 2.56 bits per heavy atom. The van der Waals surface area contributed by atoms with Crippen molar-refractivity contribution in [3.8, 4) is 0 Å². The Balaban J connectivity index is 1.41. The second-order valence-electron chi connectivity index (χ2n) is 6.40. The first kappa shape index (κ1) is 16.3. The van der Waals surface area contributed by atoms with Gasteiger partial charge in [-0.3, -0.25) is 4.79 Å². The fourth-order valence-corrected chi connectivity index (χ4v) is 3.01. The summed E-state index contributed by atoms with van der Waals surface area (Å²) in [6, 6.07) is 9.18. The van der Waals surface area contributed by atoms with E-state index < -0.39 is 0 Å². The fraction of sp³-hybridized carbons (Fsp3) is 0.389. The van der Waals surface area contributed by atoms with Crippen LogP contribution in [0.5, 0.6) is 0 Å². The van der Waals surface area contributed by atoms with E-state index in [1.807, 2.05) is 24.3 Å². The van der Waals surface area contributed by atoms with E-state index in [0.717, 1.165) is 42.9 Å². The molecular formula is C18H19ClN4O2. The molecule has 2 aromatic rings. The van der Waals surface area contributed by atoms with Gasteiger partial charge in [0.25, 0.3) is 5.91 Å². The first-order chi connectivity index (χ1) is 12.2. The molecule has 2 fully saturated rings. The van der Waals surface area contributed by atoms with Crippen molar-refractivity contribution in [2.24, 2.45) is 0 Å². The fourth-order valence-electron chi connectivity index (χ4n) is 2.82. The molecule has 25 heavy (non-hydrogen) atoms. The maximum Gasteiger partial charge on any atom is 0.253 e. The van der Waals surface area contributed by atoms with Gasteiger partial charge in [-0.1, -0.05) is 11.6 Å². The van der Waals surface area contributed by atoms with E-state index in [9.17, 15) is 4.79 Å². The molecule has 1 unspecified atom stereocenters. The average Bonchev–Trinajstić information content (AvgIpc) is 3.30. The first-order valence-corrected chi connectivity index (χ1v) is 8.89. The van der Waals surface area contributed by atoms with Gasteiger partial charge in [0.1, 0.15) is 22.9 Å². The van der Waals surface area contributed by atoms with E-state index in [0.29, 0.717) is 23.5 Å². The molecule has 2 N–H and O–H groups in total. The van der Waals surface area contributed by atoms with E-state index in [4.69, 9.17) is 16.3 Å². The Kier molecular flexibility index (Phi) is 4.55. The predicted molar refractivity (Wildman–Crippen MR) is 96.3 cm³/mol. The maximum absolute atomic E-state index is 12.1. The van der Waals surface area contributed by atoms with Crippen LogP contribution in [-0.2, 0) is 9.53 Å². The van der Waals surface area contributed by atoms with Gasteiger partial charge in [-0.05, 0) is 49.9 Å². The molecule has 1 amide bonds. The van der Waals surface area contributed by atoms with Crippen LogP contribution in [-0.4, -0.2) is 28.6 Å². The number of anilines is 3. The minimum absolute atomic E-state index is 0.0881. The van der Waals surface area contributed by atoms with Gasteiger partial charge < -0.3 is 15.4 Å². The Morgan fingerprint density at radius 1 is 1.12 bits per heavy atom. The number of nitrogens with one attached hydrogen (secondary N) is 2. The Bertz CT molecular complexity index is 771. The van der Waals surface area contributed by atoms with Crippen molar-refractivity contribution in [1.29, 1.82) is 0 Å². The average molecular weight is 359 g/mol. The highest BCUT2D eigenvalue weighted by atomic mass is 35.5. The summed E-state index contributed by atoms with van der Waals surface area (Å²) < 4.78 is 5.39. The molecule has 130 valence electrons. The molecule has 1 aliphatic heterocycles. The Hall–Kier alpha value is -2.18. The standard InChI is InChI=1S/C18H19ClN4O2/c19-15-10-16(23-17(22-15)11-3-4-11)20-12-5-7-13(8-6-12)21-18(24)14-2-1-9-25-14/h5-8,10-11,14H,1-4,9H2,(H,21,24)(H,20,22,23). The number of carbonyl (C=O) groups excluding carboxylic acids is 1. The Labute approximate surface area is 151 Å². The summed E-state index contributed by atoms with van der Waals surface area (Å²) in [6.45, 7) is 0.658. The second-order valence-corrected chi connectivity index (χ2v) is 6.79. The van der Waals surface area contributed by atoms with Crippen LogP contribution in [0.3, 0.4) is 0 Å². The predicted octanol–water partition coefficient (Wildman–Crippen LogP) is 3.87. The van der Waals surface area contributed by atoms with Gasteiger partial charge in [0, 0.05) is 30.0 Å². The molecule has 2 heterocycles. The van der Waals surface area contributed by atoms with Gasteiger partial charge in [0.2, 0.25) is 0 Å². The van der Waals surface area contributed by atoms with E-state index in [1.165, 1.54) is 0 Å². The van der Waals surface area contributed by atoms with Crippen molar-refractivity contribution in [2.75, 3.05) is 17.2 Å². The molecule has 2 aliphatic rings. The van der Waals surface area contributed by atoms with Gasteiger partial charge >= 0.3 is 0 Å². The van der Waals surface area contributed by atoms with Crippen LogP contribution in [0.1, 0.15) is 37.4 Å². The quantitative estimate of drug-likeness (QED) is 0.793. The summed E-state index contributed by atoms with van der Waals surface area (Å²) in [4.78, 5) is 20.8. The van der Waals surface area contributed by atoms with Gasteiger partial charge in [0.15, 0.2) is 0 Å². The normalized spacial score (nSPS) is 19.6. The van der Waals surface area contributed by atoms with Crippen LogP contribution in [0.15, 0.2) is 30.3 Å². The smallest absolute Gasteiger partial charge is 0.253 e. The molecule has 1 aromatic carbocycles. The van der Waals surface area contributed by atoms with Crippen molar-refractivity contribution in [2.45, 2.75) is 37.7 Å². The highest BCUT2D eigenvalue weighted by Crippen LogP contribution is 2.39. The first-order valence-electron chi connectivity index (χ1n) is 8.51. The van der Waals surface area contributed by atoms with Crippen molar-refractivity contribution >= 4 is 34.7 Å². The molecule has 0 bridgehead atoms. The minimum atomic E-state index is -0.332. The molecule has 4 rings (SSSR count). The molecule has 1 saturated heterocycles. The molecule has 0 radical (unpaired) electrons. The molecular weight excluding hydrogens is 340 g/mol. The van der Waals surface area contributed by atoms with Gasteiger partial charge in [-0.25, -0.2) is 9.97 Å². The summed E-state index contributed by atoms with van der Waals surface area (Å²) in [5, 5.41) is 6.55. The highest BCUT2D eigenvalue weighted by molar-refractivity contribution is 6.29. The zero-order valence-electron chi connectivity index (χ0n) is 13.7. The number of hydrogen-bond donors (Lipinski definition) is 2. The minimum Gasteiger partial charge on any atom is -0.368 e. The number of hydrogen-bond acceptors (Lipinski definition) is 5. The monoisotopic (exact) mass is 358 g/mol. The number of aromatic nitrogens is 2. The number of rotatable bonds is 5. The third-order valence-corrected chi connectivity index (χ3v) is 4.50. The van der Waals surface area contributed by atoms with Crippen molar-refractivity contribution < 1.29 is 9.53 Å². The number of ether oxygens (including phenoxy) is 1. The van der Waals surface area contributed by atoms with Crippen molar-refractivity contribution in [3.63, 3.8) is 0 Å². The Morgan fingerprint density at radius 2 is 1.88 bits per heavy atom. The third kappa shape index (κ3) is 4.08. The summed E-state index contributed by atoms with van der Waals surface area (Å²) >= 11 is 6.08. The SMILES string of the molecule is O=C(Nc1ccc(Nc2cc(Cl)nc(C3CC3)n2)cc1)C1CCCO1. The van der Waals surface area contributed by atoms with E-state index in [1.54, 1.807) is 6.07 Å². The van der Waals surface area contributed by atoms with Gasteiger partial charge in [-0.2, -0.15) is 0 Å². The highest BCUT2D eigenvalue weighted by Gasteiger charge is 2.27. The van der Waals surface area contributed by atoms with Crippen LogP contribution < -0.4 is 10.6 Å². The van der Waals surface area contributed by atoms with E-state index in [-0.39, 0.29) is 12.0 Å². The van der Waals surface area contributed by atoms with Crippen LogP contribution in [0.4, 0.5) is 17.2 Å². The van der Waals surface area contributed by atoms with Crippen LogP contribution in [0, 0.1) is 0 Å². The van der Waals surface area contributed by atoms with Gasteiger partial charge in [-0.15, -0.1) is 0 Å². The molecule has 7 heteroatoms. The van der Waals surface area contributed by atoms with Crippen LogP contribution in [0.2, 0.25) is 5.15 Å². The van der Waals surface area contributed by atoms with Gasteiger partial charge in [0.05, 0.1) is 0 Å². The lowest BCUT2D eigenvalue weighted by Gasteiger charge is -2.11. The topological polar surface area (TPSA) is 76.1 Å². The number of halogens is 1. The zero-order chi connectivity index (χ0) is 17.2. The van der Waals surface area contributed by atoms with E-state index in [2.05, 4.69) is 20.6 Å². The summed E-state index contributed by atoms with van der Waals surface area (Å²) in [5.74, 6) is 1.83. The largest absolute Gasteiger partial charge is 0.368 e. The van der Waals surface area contributed by atoms with Crippen molar-refractivity contribution in [1.82, 2.24) is 9.97 Å². The summed E-state index contributed by atoms with van der Waals surface area (Å²) in [5.41, 5.74) is 1.61. The second kappa shape index (κ2) is 6.98. The summed E-state index contributed by atoms with van der Waals surface area (Å²) in [6.07, 6.45) is 3.63. The number of nitrogens with zero attached hydrogens (tertiary/aromatic N) is 2. The molecule has 0 spiro atoms. The van der Waals surface area contributed by atoms with E-state index >= 15 is 0 Å². The maximum atomic E-state index is 12.1. The zero-order valence-corrected chi connectivity index (χ0v) is 14.4. The molecule has 1 saturated carbocycles. The lowest BCUT2D eigenvalue weighted by atomic mass is 10.2. The number of benzene rings is 1. The molecule has 1 atom stereocenters. The van der Waals surface area contributed by atoms with Crippen LogP contribution >= 0.6 is 11.6 Å². The lowest BCUT2D eigenvalue weighted by molar-refractivity contribution is -0.124. The number of carbonyl (C=O) groups is 1. The molecule has 1 aliphatic carbocycles.